The summed E-state index contributed by atoms with van der Waals surface area (Å²) in [5.74, 6) is -0.481. The molecule has 1 aliphatic rings. The average Bonchev–Trinajstić information content (AvgIpc) is 2.96. The first-order valence-corrected chi connectivity index (χ1v) is 7.93. The Morgan fingerprint density at radius 1 is 1.29 bits per heavy atom. The number of amides is 1. The van der Waals surface area contributed by atoms with Crippen LogP contribution >= 0.6 is 0 Å². The van der Waals surface area contributed by atoms with Gasteiger partial charge in [0.15, 0.2) is 0 Å². The highest BCUT2D eigenvalue weighted by Gasteiger charge is 2.34. The molecule has 0 aromatic heterocycles. The maximum atomic E-state index is 12.6. The van der Waals surface area contributed by atoms with Gasteiger partial charge in [0.25, 0.3) is 15.9 Å². The van der Waals surface area contributed by atoms with Crippen LogP contribution in [0.2, 0.25) is 0 Å². The van der Waals surface area contributed by atoms with Crippen molar-refractivity contribution >= 4 is 15.9 Å². The van der Waals surface area contributed by atoms with Gasteiger partial charge in [-0.05, 0) is 25.5 Å². The number of likely N-dealkylation sites (N-methyl/N-ethyl adjacent to an activating group) is 1. The maximum Gasteiger partial charge on any atom is 0.294 e. The van der Waals surface area contributed by atoms with Crippen molar-refractivity contribution in [1.29, 1.82) is 0 Å². The van der Waals surface area contributed by atoms with Gasteiger partial charge in [0, 0.05) is 13.6 Å². The molecule has 0 atom stereocenters. The molecular formula is C14H18N2O4S. The summed E-state index contributed by atoms with van der Waals surface area (Å²) in [7, 11) is -0.933. The molecule has 0 aliphatic carbocycles. The number of aryl methyl sites for hydroxylation is 1. The normalized spacial score (nSPS) is 15.0. The van der Waals surface area contributed by atoms with Gasteiger partial charge in [-0.2, -0.15) is 0 Å². The third kappa shape index (κ3) is 2.93. The standard InChI is InChI=1S/C14H18N2O4S/c1-11-6-8-12(9-7-11)21(18,19)16-10-4-5-13(16)14(17)15(2)20-3/h5-9H,4,10H2,1-3H3. The van der Waals surface area contributed by atoms with Crippen LogP contribution in [0, 0.1) is 6.92 Å². The summed E-state index contributed by atoms with van der Waals surface area (Å²) in [6, 6.07) is 6.56. The van der Waals surface area contributed by atoms with Crippen LogP contribution in [0.1, 0.15) is 12.0 Å². The number of hydrogen-bond acceptors (Lipinski definition) is 4. The van der Waals surface area contributed by atoms with E-state index in [4.69, 9.17) is 4.84 Å². The van der Waals surface area contributed by atoms with Crippen LogP contribution in [0.25, 0.3) is 0 Å². The monoisotopic (exact) mass is 310 g/mol. The van der Waals surface area contributed by atoms with Crippen LogP contribution in [-0.4, -0.2) is 44.4 Å². The Kier molecular flexibility index (Phi) is 4.34. The Morgan fingerprint density at radius 2 is 1.90 bits per heavy atom. The second kappa shape index (κ2) is 5.87. The topological polar surface area (TPSA) is 66.9 Å². The zero-order valence-electron chi connectivity index (χ0n) is 12.2. The highest BCUT2D eigenvalue weighted by atomic mass is 32.2. The summed E-state index contributed by atoms with van der Waals surface area (Å²) in [6.45, 7) is 2.14. The van der Waals surface area contributed by atoms with Gasteiger partial charge in [0.05, 0.1) is 12.0 Å². The van der Waals surface area contributed by atoms with E-state index >= 15 is 0 Å². The predicted molar refractivity (Wildman–Crippen MR) is 77.5 cm³/mol. The second-order valence-corrected chi connectivity index (χ2v) is 6.62. The number of carbonyl (C=O) groups is 1. The number of hydrogen-bond donors (Lipinski definition) is 0. The minimum atomic E-state index is -3.73. The lowest BCUT2D eigenvalue weighted by Gasteiger charge is -2.24. The molecule has 1 amide bonds. The highest BCUT2D eigenvalue weighted by Crippen LogP contribution is 2.26. The molecule has 1 aromatic rings. The van der Waals surface area contributed by atoms with Gasteiger partial charge >= 0.3 is 0 Å². The zero-order chi connectivity index (χ0) is 15.6. The van der Waals surface area contributed by atoms with Crippen LogP contribution < -0.4 is 0 Å². The van der Waals surface area contributed by atoms with E-state index in [1.54, 1.807) is 30.3 Å². The van der Waals surface area contributed by atoms with Gasteiger partial charge in [0.2, 0.25) is 0 Å². The molecule has 6 nitrogen and oxygen atoms in total. The summed E-state index contributed by atoms with van der Waals surface area (Å²) < 4.78 is 26.4. The minimum absolute atomic E-state index is 0.125. The molecule has 1 aliphatic heterocycles. The highest BCUT2D eigenvalue weighted by molar-refractivity contribution is 7.89. The molecule has 0 saturated heterocycles. The lowest BCUT2D eigenvalue weighted by atomic mass is 10.2. The first-order chi connectivity index (χ1) is 9.87. The summed E-state index contributed by atoms with van der Waals surface area (Å²) in [6.07, 6.45) is 2.12. The van der Waals surface area contributed by atoms with E-state index in [9.17, 15) is 13.2 Å². The summed E-state index contributed by atoms with van der Waals surface area (Å²) in [4.78, 5) is 17.1. The Bertz CT molecular complexity index is 665. The zero-order valence-corrected chi connectivity index (χ0v) is 13.1. The molecule has 0 N–H and O–H groups in total. The molecule has 2 rings (SSSR count). The van der Waals surface area contributed by atoms with E-state index in [1.807, 2.05) is 6.92 Å². The number of benzene rings is 1. The van der Waals surface area contributed by atoms with E-state index < -0.39 is 15.9 Å². The number of hydroxylamine groups is 2. The number of nitrogens with zero attached hydrogens (tertiary/aromatic N) is 2. The van der Waals surface area contributed by atoms with Crippen molar-refractivity contribution in [3.63, 3.8) is 0 Å². The van der Waals surface area contributed by atoms with Gasteiger partial charge in [-0.3, -0.25) is 13.9 Å². The first kappa shape index (κ1) is 15.5. The average molecular weight is 310 g/mol. The molecule has 1 aromatic carbocycles. The second-order valence-electron chi connectivity index (χ2n) is 4.75. The molecule has 7 heteroatoms. The Balaban J connectivity index is 2.34. The van der Waals surface area contributed by atoms with Crippen molar-refractivity contribution in [2.24, 2.45) is 0 Å². The van der Waals surface area contributed by atoms with Crippen molar-refractivity contribution in [2.45, 2.75) is 18.2 Å². The van der Waals surface area contributed by atoms with Crippen LogP contribution in [0.5, 0.6) is 0 Å². The summed E-state index contributed by atoms with van der Waals surface area (Å²) >= 11 is 0. The third-order valence-electron chi connectivity index (χ3n) is 3.33. The van der Waals surface area contributed by atoms with Gasteiger partial charge in [0.1, 0.15) is 5.70 Å². The Labute approximate surface area is 124 Å². The number of carbonyl (C=O) groups excluding carboxylic acids is 1. The lowest BCUT2D eigenvalue weighted by Crippen LogP contribution is -2.37. The number of sulfonamides is 1. The van der Waals surface area contributed by atoms with E-state index in [0.29, 0.717) is 6.42 Å². The molecule has 21 heavy (non-hydrogen) atoms. The van der Waals surface area contributed by atoms with Crippen molar-refractivity contribution < 1.29 is 18.0 Å². The van der Waals surface area contributed by atoms with Crippen LogP contribution in [0.3, 0.4) is 0 Å². The molecule has 0 bridgehead atoms. The van der Waals surface area contributed by atoms with Crippen molar-refractivity contribution in [1.82, 2.24) is 9.37 Å². The lowest BCUT2D eigenvalue weighted by molar-refractivity contribution is -0.165. The Hall–Kier alpha value is -1.86. The Morgan fingerprint density at radius 3 is 2.48 bits per heavy atom. The minimum Gasteiger partial charge on any atom is -0.274 e. The van der Waals surface area contributed by atoms with Crippen LogP contribution in [0.15, 0.2) is 40.9 Å². The van der Waals surface area contributed by atoms with Crippen LogP contribution in [-0.2, 0) is 19.7 Å². The molecule has 0 radical (unpaired) electrons. The molecule has 1 heterocycles. The smallest absolute Gasteiger partial charge is 0.274 e. The van der Waals surface area contributed by atoms with Crippen molar-refractivity contribution in [3.8, 4) is 0 Å². The van der Waals surface area contributed by atoms with Crippen LogP contribution in [0.4, 0.5) is 0 Å². The van der Waals surface area contributed by atoms with E-state index in [1.165, 1.54) is 14.2 Å². The van der Waals surface area contributed by atoms with E-state index in [0.717, 1.165) is 14.9 Å². The number of rotatable bonds is 4. The summed E-state index contributed by atoms with van der Waals surface area (Å²) in [5, 5.41) is 1.01. The van der Waals surface area contributed by atoms with Gasteiger partial charge in [-0.25, -0.2) is 13.5 Å². The molecule has 114 valence electrons. The van der Waals surface area contributed by atoms with Crippen molar-refractivity contribution in [3.05, 3.63) is 41.6 Å². The molecule has 0 saturated carbocycles. The summed E-state index contributed by atoms with van der Waals surface area (Å²) in [5.41, 5.74) is 1.10. The van der Waals surface area contributed by atoms with E-state index in [2.05, 4.69) is 0 Å². The van der Waals surface area contributed by atoms with Crippen molar-refractivity contribution in [2.75, 3.05) is 20.7 Å². The largest absolute Gasteiger partial charge is 0.294 e. The van der Waals surface area contributed by atoms with Gasteiger partial charge < -0.3 is 0 Å². The maximum absolute atomic E-state index is 12.6. The molecule has 0 fully saturated rings. The molecular weight excluding hydrogens is 292 g/mol. The molecule has 0 unspecified atom stereocenters. The third-order valence-corrected chi connectivity index (χ3v) is 5.15. The van der Waals surface area contributed by atoms with Gasteiger partial charge in [-0.15, -0.1) is 0 Å². The fraction of sp³-hybridized carbons (Fsp3) is 0.357. The van der Waals surface area contributed by atoms with Gasteiger partial charge in [-0.1, -0.05) is 23.8 Å². The van der Waals surface area contributed by atoms with E-state index in [-0.39, 0.29) is 17.1 Å². The fourth-order valence-electron chi connectivity index (χ4n) is 2.07. The quantitative estimate of drug-likeness (QED) is 0.786. The fourth-order valence-corrected chi connectivity index (χ4v) is 3.56. The molecule has 0 spiro atoms. The SMILES string of the molecule is CON(C)C(=O)C1=CCCN1S(=O)(=O)c1ccc(C)cc1. The predicted octanol–water partition coefficient (Wildman–Crippen LogP) is 1.29. The first-order valence-electron chi connectivity index (χ1n) is 6.49.